The van der Waals surface area contributed by atoms with Gasteiger partial charge in [-0.1, -0.05) is 6.92 Å². The first-order valence-corrected chi connectivity index (χ1v) is 7.25. The fourth-order valence-electron chi connectivity index (χ4n) is 2.10. The number of carbonyl (C=O) groups is 1. The van der Waals surface area contributed by atoms with Crippen LogP contribution in [0.1, 0.15) is 43.1 Å². The minimum atomic E-state index is -0.183. The van der Waals surface area contributed by atoms with Gasteiger partial charge in [-0.2, -0.15) is 0 Å². The number of rotatable bonds is 7. The monoisotopic (exact) mass is 278 g/mol. The Kier molecular flexibility index (Phi) is 5.73. The van der Waals surface area contributed by atoms with Crippen LogP contribution < -0.4 is 10.6 Å². The van der Waals surface area contributed by atoms with E-state index in [9.17, 15) is 4.79 Å². The summed E-state index contributed by atoms with van der Waals surface area (Å²) in [5, 5.41) is 5.97. The Bertz CT molecular complexity index is 416. The molecule has 2 N–H and O–H groups in total. The molecule has 110 valence electrons. The third kappa shape index (κ3) is 4.45. The summed E-state index contributed by atoms with van der Waals surface area (Å²) in [4.78, 5) is 20.1. The number of ether oxygens (including phenoxy) is 1. The fourth-order valence-corrected chi connectivity index (χ4v) is 2.10. The summed E-state index contributed by atoms with van der Waals surface area (Å²) < 4.78 is 5.51. The lowest BCUT2D eigenvalue weighted by molar-refractivity contribution is 0.0903. The van der Waals surface area contributed by atoms with Crippen LogP contribution in [0.3, 0.4) is 0 Å². The van der Waals surface area contributed by atoms with Gasteiger partial charge in [-0.25, -0.2) is 9.97 Å². The van der Waals surface area contributed by atoms with E-state index in [0.717, 1.165) is 38.8 Å². The van der Waals surface area contributed by atoms with Crippen molar-refractivity contribution < 1.29 is 9.53 Å². The average molecular weight is 278 g/mol. The van der Waals surface area contributed by atoms with Crippen LogP contribution in [0.15, 0.2) is 12.4 Å². The molecule has 0 aromatic carbocycles. The Morgan fingerprint density at radius 1 is 1.40 bits per heavy atom. The number of aromatic nitrogens is 2. The molecule has 0 bridgehead atoms. The molecule has 6 nitrogen and oxygen atoms in total. The number of nitrogens with zero attached hydrogens (tertiary/aromatic N) is 2. The number of nitrogens with one attached hydrogen (secondary N) is 2. The SMILES string of the molecule is CCCNc1cnc(C(=O)NCCC2CCCO2)cn1. The van der Waals surface area contributed by atoms with E-state index in [1.807, 2.05) is 0 Å². The summed E-state index contributed by atoms with van der Waals surface area (Å²) in [6, 6.07) is 0. The third-order valence-electron chi connectivity index (χ3n) is 3.22. The summed E-state index contributed by atoms with van der Waals surface area (Å²) in [6.45, 7) is 4.38. The van der Waals surface area contributed by atoms with E-state index in [4.69, 9.17) is 4.74 Å². The lowest BCUT2D eigenvalue weighted by Gasteiger charge is -2.10. The molecule has 1 aromatic rings. The van der Waals surface area contributed by atoms with Crippen LogP contribution in [0.25, 0.3) is 0 Å². The zero-order chi connectivity index (χ0) is 14.2. The molecule has 2 rings (SSSR count). The summed E-state index contributed by atoms with van der Waals surface area (Å²) in [5.41, 5.74) is 0.347. The van der Waals surface area contributed by atoms with Crippen molar-refractivity contribution in [3.63, 3.8) is 0 Å². The zero-order valence-electron chi connectivity index (χ0n) is 11.9. The fraction of sp³-hybridized carbons (Fsp3) is 0.643. The second kappa shape index (κ2) is 7.79. The molecule has 1 saturated heterocycles. The molecule has 1 amide bonds. The molecule has 2 heterocycles. The van der Waals surface area contributed by atoms with Gasteiger partial charge in [-0.3, -0.25) is 4.79 Å². The molecule has 1 atom stereocenters. The molecule has 6 heteroatoms. The predicted molar refractivity (Wildman–Crippen MR) is 76.7 cm³/mol. The van der Waals surface area contributed by atoms with E-state index in [1.54, 1.807) is 6.20 Å². The van der Waals surface area contributed by atoms with Gasteiger partial charge in [0, 0.05) is 19.7 Å². The van der Waals surface area contributed by atoms with Crippen molar-refractivity contribution in [2.75, 3.05) is 25.0 Å². The zero-order valence-corrected chi connectivity index (χ0v) is 11.9. The van der Waals surface area contributed by atoms with E-state index in [0.29, 0.717) is 24.2 Å². The first-order chi connectivity index (χ1) is 9.79. The summed E-state index contributed by atoms with van der Waals surface area (Å²) in [6.07, 6.45) is 7.47. The maximum atomic E-state index is 11.9. The van der Waals surface area contributed by atoms with Crippen LogP contribution in [-0.4, -0.2) is 41.7 Å². The number of hydrogen-bond donors (Lipinski definition) is 2. The van der Waals surface area contributed by atoms with Gasteiger partial charge < -0.3 is 15.4 Å². The molecule has 1 aliphatic heterocycles. The van der Waals surface area contributed by atoms with Gasteiger partial charge in [0.05, 0.1) is 18.5 Å². The molecule has 0 aliphatic carbocycles. The molecule has 1 aromatic heterocycles. The number of carbonyl (C=O) groups excluding carboxylic acids is 1. The van der Waals surface area contributed by atoms with Crippen molar-refractivity contribution in [1.82, 2.24) is 15.3 Å². The normalized spacial score (nSPS) is 17.9. The van der Waals surface area contributed by atoms with E-state index in [-0.39, 0.29) is 5.91 Å². The topological polar surface area (TPSA) is 76.1 Å². The number of anilines is 1. The average Bonchev–Trinajstić information content (AvgIpc) is 2.99. The molecule has 0 radical (unpaired) electrons. The highest BCUT2D eigenvalue weighted by atomic mass is 16.5. The quantitative estimate of drug-likeness (QED) is 0.792. The molecule has 1 aliphatic rings. The van der Waals surface area contributed by atoms with Gasteiger partial charge in [0.1, 0.15) is 11.5 Å². The molecule has 1 unspecified atom stereocenters. The Labute approximate surface area is 119 Å². The van der Waals surface area contributed by atoms with Crippen LogP contribution in [0.2, 0.25) is 0 Å². The van der Waals surface area contributed by atoms with Gasteiger partial charge in [-0.05, 0) is 25.7 Å². The molecule has 0 spiro atoms. The Morgan fingerprint density at radius 2 is 2.30 bits per heavy atom. The highest BCUT2D eigenvalue weighted by Crippen LogP contribution is 2.14. The van der Waals surface area contributed by atoms with Crippen molar-refractivity contribution >= 4 is 11.7 Å². The van der Waals surface area contributed by atoms with Crippen LogP contribution in [-0.2, 0) is 4.74 Å². The van der Waals surface area contributed by atoms with Gasteiger partial charge in [-0.15, -0.1) is 0 Å². The lowest BCUT2D eigenvalue weighted by Crippen LogP contribution is -2.27. The summed E-state index contributed by atoms with van der Waals surface area (Å²) in [7, 11) is 0. The van der Waals surface area contributed by atoms with Crippen LogP contribution >= 0.6 is 0 Å². The second-order valence-corrected chi connectivity index (χ2v) is 4.89. The lowest BCUT2D eigenvalue weighted by atomic mass is 10.2. The first kappa shape index (κ1) is 14.7. The smallest absolute Gasteiger partial charge is 0.271 e. The van der Waals surface area contributed by atoms with Gasteiger partial charge in [0.2, 0.25) is 0 Å². The summed E-state index contributed by atoms with van der Waals surface area (Å²) >= 11 is 0. The third-order valence-corrected chi connectivity index (χ3v) is 3.22. The Morgan fingerprint density at radius 3 is 2.95 bits per heavy atom. The first-order valence-electron chi connectivity index (χ1n) is 7.25. The maximum absolute atomic E-state index is 11.9. The minimum absolute atomic E-state index is 0.183. The van der Waals surface area contributed by atoms with Crippen molar-refractivity contribution in [3.05, 3.63) is 18.1 Å². The van der Waals surface area contributed by atoms with Crippen LogP contribution in [0.5, 0.6) is 0 Å². The van der Waals surface area contributed by atoms with Gasteiger partial charge in [0.15, 0.2) is 0 Å². The van der Waals surface area contributed by atoms with E-state index in [2.05, 4.69) is 27.5 Å². The van der Waals surface area contributed by atoms with Crippen molar-refractivity contribution in [2.24, 2.45) is 0 Å². The largest absolute Gasteiger partial charge is 0.378 e. The molecule has 0 saturated carbocycles. The van der Waals surface area contributed by atoms with E-state index in [1.165, 1.54) is 6.20 Å². The Balaban J connectivity index is 1.73. The highest BCUT2D eigenvalue weighted by Gasteiger charge is 2.15. The molecular weight excluding hydrogens is 256 g/mol. The number of amides is 1. The van der Waals surface area contributed by atoms with E-state index < -0.39 is 0 Å². The molecular formula is C14H22N4O2. The van der Waals surface area contributed by atoms with Crippen molar-refractivity contribution in [3.8, 4) is 0 Å². The van der Waals surface area contributed by atoms with Gasteiger partial charge in [0.25, 0.3) is 5.91 Å². The predicted octanol–water partition coefficient (Wildman–Crippen LogP) is 1.60. The molecule has 20 heavy (non-hydrogen) atoms. The van der Waals surface area contributed by atoms with Crippen LogP contribution in [0.4, 0.5) is 5.82 Å². The second-order valence-electron chi connectivity index (χ2n) is 4.89. The van der Waals surface area contributed by atoms with Crippen molar-refractivity contribution in [1.29, 1.82) is 0 Å². The minimum Gasteiger partial charge on any atom is -0.378 e. The molecule has 1 fully saturated rings. The van der Waals surface area contributed by atoms with Crippen molar-refractivity contribution in [2.45, 2.75) is 38.7 Å². The van der Waals surface area contributed by atoms with Gasteiger partial charge >= 0.3 is 0 Å². The standard InChI is InChI=1S/C14H22N4O2/c1-2-6-15-13-10-17-12(9-18-13)14(19)16-7-5-11-4-3-8-20-11/h9-11H,2-8H2,1H3,(H,15,18)(H,16,19). The Hall–Kier alpha value is -1.69. The van der Waals surface area contributed by atoms with E-state index >= 15 is 0 Å². The van der Waals surface area contributed by atoms with Crippen LogP contribution in [0, 0.1) is 0 Å². The summed E-state index contributed by atoms with van der Waals surface area (Å²) in [5.74, 6) is 0.514. The number of hydrogen-bond acceptors (Lipinski definition) is 5. The highest BCUT2D eigenvalue weighted by molar-refractivity contribution is 5.91. The maximum Gasteiger partial charge on any atom is 0.271 e.